The van der Waals surface area contributed by atoms with Gasteiger partial charge in [0.15, 0.2) is 0 Å². The molecule has 0 N–H and O–H groups in total. The van der Waals surface area contributed by atoms with E-state index in [1.807, 2.05) is 0 Å². The molecule has 1 saturated heterocycles. The van der Waals surface area contributed by atoms with Gasteiger partial charge in [-0.15, -0.1) is 0 Å². The number of amides is 1. The first-order valence-electron chi connectivity index (χ1n) is 5.33. The van der Waals surface area contributed by atoms with Gasteiger partial charge in [0.1, 0.15) is 5.82 Å². The normalized spacial score (nSPS) is 20.2. The third-order valence-corrected chi connectivity index (χ3v) is 3.70. The molecule has 0 spiro atoms. The largest absolute Gasteiger partial charge is 0.338 e. The van der Waals surface area contributed by atoms with Crippen LogP contribution < -0.4 is 0 Å². The van der Waals surface area contributed by atoms with Gasteiger partial charge in [-0.05, 0) is 40.4 Å². The van der Waals surface area contributed by atoms with Gasteiger partial charge in [-0.1, -0.05) is 13.0 Å². The zero-order valence-electron chi connectivity index (χ0n) is 9.04. The maximum atomic E-state index is 13.3. The second kappa shape index (κ2) is 4.53. The molecule has 2 rings (SSSR count). The fourth-order valence-corrected chi connectivity index (χ4v) is 2.39. The molecule has 16 heavy (non-hydrogen) atoms. The third-order valence-electron chi connectivity index (χ3n) is 2.89. The van der Waals surface area contributed by atoms with Crippen molar-refractivity contribution in [3.8, 4) is 0 Å². The second-order valence-corrected chi connectivity index (χ2v) is 5.04. The van der Waals surface area contributed by atoms with Crippen molar-refractivity contribution in [2.45, 2.75) is 13.3 Å². The van der Waals surface area contributed by atoms with Crippen molar-refractivity contribution in [1.82, 2.24) is 4.90 Å². The lowest BCUT2D eigenvalue weighted by Gasteiger charge is -2.16. The van der Waals surface area contributed by atoms with E-state index in [4.69, 9.17) is 0 Å². The molecule has 86 valence electrons. The highest BCUT2D eigenvalue weighted by molar-refractivity contribution is 9.10. The fraction of sp³-hybridized carbons (Fsp3) is 0.417. The van der Waals surface area contributed by atoms with E-state index >= 15 is 0 Å². The zero-order valence-corrected chi connectivity index (χ0v) is 10.6. The van der Waals surface area contributed by atoms with Gasteiger partial charge in [0, 0.05) is 13.1 Å². The summed E-state index contributed by atoms with van der Waals surface area (Å²) in [7, 11) is 0. The smallest absolute Gasteiger partial charge is 0.255 e. The Morgan fingerprint density at radius 1 is 1.56 bits per heavy atom. The molecule has 1 aromatic carbocycles. The van der Waals surface area contributed by atoms with Crippen molar-refractivity contribution in [1.29, 1.82) is 0 Å². The van der Waals surface area contributed by atoms with Gasteiger partial charge in [0.05, 0.1) is 10.0 Å². The summed E-state index contributed by atoms with van der Waals surface area (Å²) in [5, 5.41) is 0. The third kappa shape index (κ3) is 2.12. The van der Waals surface area contributed by atoms with E-state index in [-0.39, 0.29) is 10.4 Å². The average Bonchev–Trinajstić information content (AvgIpc) is 2.68. The number of likely N-dealkylation sites (tertiary alicyclic amines) is 1. The standard InChI is InChI=1S/C12H13BrFNO/c1-8-5-6-15(7-8)12(16)9-3-2-4-10(14)11(9)13/h2-4,8H,5-7H2,1H3. The molecule has 0 saturated carbocycles. The predicted molar refractivity (Wildman–Crippen MR) is 63.8 cm³/mol. The molecule has 1 aliphatic heterocycles. The summed E-state index contributed by atoms with van der Waals surface area (Å²) in [5.74, 6) is 0.0603. The topological polar surface area (TPSA) is 20.3 Å². The number of benzene rings is 1. The van der Waals surface area contributed by atoms with Crippen LogP contribution in [0.15, 0.2) is 22.7 Å². The van der Waals surface area contributed by atoms with E-state index in [9.17, 15) is 9.18 Å². The molecule has 1 atom stereocenters. The first-order chi connectivity index (χ1) is 7.59. The van der Waals surface area contributed by atoms with Crippen LogP contribution >= 0.6 is 15.9 Å². The Hall–Kier alpha value is -0.900. The first kappa shape index (κ1) is 11.6. The van der Waals surface area contributed by atoms with Gasteiger partial charge in [0.25, 0.3) is 5.91 Å². The summed E-state index contributed by atoms with van der Waals surface area (Å²) in [6.07, 6.45) is 1.03. The minimum Gasteiger partial charge on any atom is -0.338 e. The van der Waals surface area contributed by atoms with Gasteiger partial charge in [-0.3, -0.25) is 4.79 Å². The van der Waals surface area contributed by atoms with Crippen molar-refractivity contribution in [2.24, 2.45) is 5.92 Å². The highest BCUT2D eigenvalue weighted by Gasteiger charge is 2.25. The fourth-order valence-electron chi connectivity index (χ4n) is 1.96. The Balaban J connectivity index is 2.24. The average molecular weight is 286 g/mol. The lowest BCUT2D eigenvalue weighted by atomic mass is 10.2. The number of nitrogens with zero attached hydrogens (tertiary/aromatic N) is 1. The van der Waals surface area contributed by atoms with E-state index in [1.54, 1.807) is 17.0 Å². The van der Waals surface area contributed by atoms with E-state index in [0.717, 1.165) is 19.5 Å². The van der Waals surface area contributed by atoms with Crippen LogP contribution in [0.1, 0.15) is 23.7 Å². The van der Waals surface area contributed by atoms with Crippen LogP contribution in [0.3, 0.4) is 0 Å². The van der Waals surface area contributed by atoms with Crippen LogP contribution in [-0.4, -0.2) is 23.9 Å². The SMILES string of the molecule is CC1CCN(C(=O)c2cccc(F)c2Br)C1. The summed E-state index contributed by atoms with van der Waals surface area (Å²) in [6.45, 7) is 3.65. The molecule has 0 aromatic heterocycles. The van der Waals surface area contributed by atoms with Gasteiger partial charge < -0.3 is 4.90 Å². The molecule has 1 fully saturated rings. The van der Waals surface area contributed by atoms with Crippen LogP contribution in [-0.2, 0) is 0 Å². The van der Waals surface area contributed by atoms with Crippen molar-refractivity contribution in [3.05, 3.63) is 34.1 Å². The number of hydrogen-bond acceptors (Lipinski definition) is 1. The number of hydrogen-bond donors (Lipinski definition) is 0. The molecule has 1 unspecified atom stereocenters. The van der Waals surface area contributed by atoms with Crippen LogP contribution in [0.5, 0.6) is 0 Å². The molecular weight excluding hydrogens is 273 g/mol. The molecule has 0 radical (unpaired) electrons. The minimum absolute atomic E-state index is 0.0873. The van der Waals surface area contributed by atoms with Gasteiger partial charge in [-0.25, -0.2) is 4.39 Å². The molecule has 4 heteroatoms. The van der Waals surface area contributed by atoms with Gasteiger partial charge in [-0.2, -0.15) is 0 Å². The monoisotopic (exact) mass is 285 g/mol. The summed E-state index contributed by atoms with van der Waals surface area (Å²) < 4.78 is 13.5. The summed E-state index contributed by atoms with van der Waals surface area (Å²) >= 11 is 3.12. The van der Waals surface area contributed by atoms with E-state index in [0.29, 0.717) is 11.5 Å². The summed E-state index contributed by atoms with van der Waals surface area (Å²) in [4.78, 5) is 13.9. The van der Waals surface area contributed by atoms with Crippen molar-refractivity contribution >= 4 is 21.8 Å². The molecule has 2 nitrogen and oxygen atoms in total. The summed E-state index contributed by atoms with van der Waals surface area (Å²) in [5.41, 5.74) is 0.411. The van der Waals surface area contributed by atoms with Crippen LogP contribution in [0.4, 0.5) is 4.39 Å². The number of rotatable bonds is 1. The maximum Gasteiger partial charge on any atom is 0.255 e. The Bertz CT molecular complexity index is 421. The first-order valence-corrected chi connectivity index (χ1v) is 6.12. The molecule has 0 bridgehead atoms. The predicted octanol–water partition coefficient (Wildman–Crippen LogP) is 3.07. The molecule has 1 aromatic rings. The Morgan fingerprint density at radius 2 is 2.31 bits per heavy atom. The molecule has 1 heterocycles. The van der Waals surface area contributed by atoms with Gasteiger partial charge >= 0.3 is 0 Å². The van der Waals surface area contributed by atoms with E-state index < -0.39 is 5.82 Å². The van der Waals surface area contributed by atoms with Gasteiger partial charge in [0.2, 0.25) is 0 Å². The van der Waals surface area contributed by atoms with Crippen molar-refractivity contribution in [3.63, 3.8) is 0 Å². The number of carbonyl (C=O) groups excluding carboxylic acids is 1. The zero-order chi connectivity index (χ0) is 11.7. The molecular formula is C12H13BrFNO. The molecule has 0 aliphatic carbocycles. The minimum atomic E-state index is -0.391. The van der Waals surface area contributed by atoms with Crippen LogP contribution in [0.25, 0.3) is 0 Å². The lowest BCUT2D eigenvalue weighted by molar-refractivity contribution is 0.0786. The van der Waals surface area contributed by atoms with Crippen LogP contribution in [0, 0.1) is 11.7 Å². The maximum absolute atomic E-state index is 13.3. The highest BCUT2D eigenvalue weighted by Crippen LogP contribution is 2.24. The van der Waals surface area contributed by atoms with E-state index in [1.165, 1.54) is 6.07 Å². The Labute approximate surface area is 103 Å². The number of halogens is 2. The second-order valence-electron chi connectivity index (χ2n) is 4.25. The Kier molecular flexibility index (Phi) is 3.28. The Morgan fingerprint density at radius 3 is 2.94 bits per heavy atom. The number of carbonyl (C=O) groups is 1. The highest BCUT2D eigenvalue weighted by atomic mass is 79.9. The van der Waals surface area contributed by atoms with Crippen molar-refractivity contribution in [2.75, 3.05) is 13.1 Å². The lowest BCUT2D eigenvalue weighted by Crippen LogP contribution is -2.28. The molecule has 1 amide bonds. The summed E-state index contributed by atoms with van der Waals surface area (Å²) in [6, 6.07) is 4.55. The van der Waals surface area contributed by atoms with E-state index in [2.05, 4.69) is 22.9 Å². The quantitative estimate of drug-likeness (QED) is 0.777. The van der Waals surface area contributed by atoms with Crippen LogP contribution in [0.2, 0.25) is 0 Å². The van der Waals surface area contributed by atoms with Crippen molar-refractivity contribution < 1.29 is 9.18 Å². The molecule has 1 aliphatic rings.